The van der Waals surface area contributed by atoms with Gasteiger partial charge in [-0.25, -0.2) is 4.98 Å². The lowest BCUT2D eigenvalue weighted by Crippen LogP contribution is -2.49. The van der Waals surface area contributed by atoms with Crippen molar-refractivity contribution in [1.82, 2.24) is 20.1 Å². The number of hydrogen-bond acceptors (Lipinski definition) is 4. The lowest BCUT2D eigenvalue weighted by atomic mass is 9.90. The number of aromatic nitrogens is 3. The third-order valence-electron chi connectivity index (χ3n) is 3.81. The Balaban J connectivity index is 2.02. The molecule has 6 heteroatoms. The third-order valence-corrected chi connectivity index (χ3v) is 3.81. The van der Waals surface area contributed by atoms with Crippen LogP contribution in [0.5, 0.6) is 0 Å². The van der Waals surface area contributed by atoms with E-state index in [0.717, 1.165) is 31.5 Å². The topological polar surface area (TPSA) is 87.9 Å². The largest absolute Gasteiger partial charge is 0.335 e. The zero-order chi connectivity index (χ0) is 13.8. The van der Waals surface area contributed by atoms with Crippen LogP contribution in [0.2, 0.25) is 0 Å². The summed E-state index contributed by atoms with van der Waals surface area (Å²) in [6, 6.07) is 0.205. The molecule has 1 aromatic rings. The van der Waals surface area contributed by atoms with E-state index in [1.807, 2.05) is 4.90 Å². The van der Waals surface area contributed by atoms with Crippen LogP contribution in [0.1, 0.15) is 49.6 Å². The molecule has 0 aromatic carbocycles. The van der Waals surface area contributed by atoms with Crippen LogP contribution in [0.3, 0.4) is 0 Å². The lowest BCUT2D eigenvalue weighted by Gasteiger charge is -2.35. The summed E-state index contributed by atoms with van der Waals surface area (Å²) in [4.78, 5) is 18.4. The number of rotatable bonds is 4. The maximum Gasteiger partial charge on any atom is 0.293 e. The molecule has 0 spiro atoms. The number of hydrogen-bond donors (Lipinski definition) is 2. The second-order valence-electron chi connectivity index (χ2n) is 5.23. The van der Waals surface area contributed by atoms with Crippen LogP contribution < -0.4 is 5.73 Å². The summed E-state index contributed by atoms with van der Waals surface area (Å²) < 4.78 is 0. The summed E-state index contributed by atoms with van der Waals surface area (Å²) in [5.74, 6) is 1.37. The van der Waals surface area contributed by atoms with E-state index in [-0.39, 0.29) is 17.8 Å². The van der Waals surface area contributed by atoms with E-state index in [1.54, 1.807) is 0 Å². The molecule has 1 aliphatic rings. The summed E-state index contributed by atoms with van der Waals surface area (Å²) in [5, 5.41) is 6.85. The van der Waals surface area contributed by atoms with Crippen molar-refractivity contribution in [3.8, 4) is 0 Å². The average molecular weight is 265 g/mol. The van der Waals surface area contributed by atoms with Crippen molar-refractivity contribution in [1.29, 1.82) is 0 Å². The molecule has 0 saturated carbocycles. The van der Waals surface area contributed by atoms with E-state index in [1.165, 1.54) is 0 Å². The van der Waals surface area contributed by atoms with Crippen LogP contribution in [0.15, 0.2) is 0 Å². The van der Waals surface area contributed by atoms with E-state index in [2.05, 4.69) is 29.0 Å². The quantitative estimate of drug-likeness (QED) is 0.848. The number of piperidine rings is 1. The van der Waals surface area contributed by atoms with Gasteiger partial charge in [0.15, 0.2) is 0 Å². The van der Waals surface area contributed by atoms with E-state index in [9.17, 15) is 4.79 Å². The fourth-order valence-corrected chi connectivity index (χ4v) is 2.55. The predicted molar refractivity (Wildman–Crippen MR) is 72.7 cm³/mol. The second-order valence-corrected chi connectivity index (χ2v) is 5.23. The van der Waals surface area contributed by atoms with Crippen LogP contribution in [0.25, 0.3) is 0 Å². The van der Waals surface area contributed by atoms with E-state index < -0.39 is 0 Å². The molecular formula is C13H23N5O. The molecule has 3 N–H and O–H groups in total. The first-order valence-corrected chi connectivity index (χ1v) is 7.11. The molecule has 1 amide bonds. The number of likely N-dealkylation sites (tertiary alicyclic amines) is 1. The van der Waals surface area contributed by atoms with Gasteiger partial charge < -0.3 is 10.6 Å². The highest BCUT2D eigenvalue weighted by molar-refractivity contribution is 5.90. The Hall–Kier alpha value is -1.43. The van der Waals surface area contributed by atoms with Crippen LogP contribution in [-0.2, 0) is 6.42 Å². The number of nitrogens with two attached hydrogens (primary N) is 1. The SMILES string of the molecule is CCCc1nc(C(=O)N2CCC(N)C(CC)C2)n[nH]1. The van der Waals surface area contributed by atoms with Gasteiger partial charge in [-0.3, -0.25) is 9.89 Å². The van der Waals surface area contributed by atoms with E-state index in [4.69, 9.17) is 5.73 Å². The Labute approximate surface area is 113 Å². The van der Waals surface area contributed by atoms with Gasteiger partial charge in [-0.1, -0.05) is 20.3 Å². The maximum absolute atomic E-state index is 12.3. The molecule has 2 heterocycles. The zero-order valence-corrected chi connectivity index (χ0v) is 11.7. The highest BCUT2D eigenvalue weighted by atomic mass is 16.2. The standard InChI is InChI=1S/C13H23N5O/c1-3-5-11-15-12(17-16-11)13(19)18-7-6-10(14)9(4-2)8-18/h9-10H,3-8,14H2,1-2H3,(H,15,16,17). The van der Waals surface area contributed by atoms with Gasteiger partial charge in [0.1, 0.15) is 5.82 Å². The summed E-state index contributed by atoms with van der Waals surface area (Å²) >= 11 is 0. The predicted octanol–water partition coefficient (Wildman–Crippen LogP) is 0.957. The van der Waals surface area contributed by atoms with Crippen molar-refractivity contribution in [3.05, 3.63) is 11.6 Å². The Kier molecular flexibility index (Phi) is 4.52. The Morgan fingerprint density at radius 3 is 3.00 bits per heavy atom. The molecule has 106 valence electrons. The Morgan fingerprint density at radius 1 is 1.53 bits per heavy atom. The number of aryl methyl sites for hydroxylation is 1. The van der Waals surface area contributed by atoms with Gasteiger partial charge in [-0.05, 0) is 18.8 Å². The Morgan fingerprint density at radius 2 is 2.32 bits per heavy atom. The zero-order valence-electron chi connectivity index (χ0n) is 11.7. The maximum atomic E-state index is 12.3. The van der Waals surface area contributed by atoms with Crippen molar-refractivity contribution >= 4 is 5.91 Å². The number of amides is 1. The van der Waals surface area contributed by atoms with E-state index in [0.29, 0.717) is 19.0 Å². The summed E-state index contributed by atoms with van der Waals surface area (Å²) in [6.45, 7) is 5.61. The first-order chi connectivity index (χ1) is 9.15. The molecule has 6 nitrogen and oxygen atoms in total. The van der Waals surface area contributed by atoms with Gasteiger partial charge in [0.05, 0.1) is 0 Å². The van der Waals surface area contributed by atoms with E-state index >= 15 is 0 Å². The van der Waals surface area contributed by atoms with Crippen LogP contribution in [0, 0.1) is 5.92 Å². The fourth-order valence-electron chi connectivity index (χ4n) is 2.55. The molecule has 2 rings (SSSR count). The van der Waals surface area contributed by atoms with Crippen molar-refractivity contribution in [2.75, 3.05) is 13.1 Å². The number of aromatic amines is 1. The molecule has 0 aliphatic carbocycles. The molecule has 0 radical (unpaired) electrons. The van der Waals surface area contributed by atoms with Gasteiger partial charge in [0.25, 0.3) is 5.91 Å². The van der Waals surface area contributed by atoms with Crippen LogP contribution >= 0.6 is 0 Å². The third kappa shape index (κ3) is 3.12. The number of H-pyrrole nitrogens is 1. The highest BCUT2D eigenvalue weighted by Gasteiger charge is 2.30. The number of carbonyl (C=O) groups is 1. The van der Waals surface area contributed by atoms with Gasteiger partial charge in [-0.2, -0.15) is 0 Å². The first kappa shape index (κ1) is 14.0. The summed E-state index contributed by atoms with van der Waals surface area (Å²) in [7, 11) is 0. The summed E-state index contributed by atoms with van der Waals surface area (Å²) in [5.41, 5.74) is 6.06. The minimum Gasteiger partial charge on any atom is -0.335 e. The number of nitrogens with zero attached hydrogens (tertiary/aromatic N) is 3. The normalized spacial score (nSPS) is 23.6. The molecular weight excluding hydrogens is 242 g/mol. The first-order valence-electron chi connectivity index (χ1n) is 7.11. The highest BCUT2D eigenvalue weighted by Crippen LogP contribution is 2.19. The van der Waals surface area contributed by atoms with Crippen molar-refractivity contribution < 1.29 is 4.79 Å². The second kappa shape index (κ2) is 6.14. The van der Waals surface area contributed by atoms with Crippen molar-refractivity contribution in [3.63, 3.8) is 0 Å². The van der Waals surface area contributed by atoms with Gasteiger partial charge >= 0.3 is 0 Å². The molecule has 2 atom stereocenters. The molecule has 2 unspecified atom stereocenters. The van der Waals surface area contributed by atoms with Crippen molar-refractivity contribution in [2.45, 2.75) is 45.6 Å². The molecule has 0 bridgehead atoms. The van der Waals surface area contributed by atoms with Gasteiger partial charge in [0, 0.05) is 25.6 Å². The average Bonchev–Trinajstić information content (AvgIpc) is 2.87. The van der Waals surface area contributed by atoms with Gasteiger partial charge in [-0.15, -0.1) is 5.10 Å². The van der Waals surface area contributed by atoms with Crippen molar-refractivity contribution in [2.24, 2.45) is 11.7 Å². The fraction of sp³-hybridized carbons (Fsp3) is 0.769. The molecule has 1 aliphatic heterocycles. The smallest absolute Gasteiger partial charge is 0.293 e. The van der Waals surface area contributed by atoms with Crippen LogP contribution in [-0.4, -0.2) is 45.1 Å². The molecule has 19 heavy (non-hydrogen) atoms. The van der Waals surface area contributed by atoms with Crippen LogP contribution in [0.4, 0.5) is 0 Å². The summed E-state index contributed by atoms with van der Waals surface area (Å²) in [6.07, 6.45) is 3.67. The number of nitrogens with one attached hydrogen (secondary N) is 1. The molecule has 1 aromatic heterocycles. The van der Waals surface area contributed by atoms with Gasteiger partial charge in [0.2, 0.25) is 5.82 Å². The minimum absolute atomic E-state index is 0.0797. The molecule has 1 saturated heterocycles. The lowest BCUT2D eigenvalue weighted by molar-refractivity contribution is 0.0637. The molecule has 1 fully saturated rings. The monoisotopic (exact) mass is 265 g/mol. The minimum atomic E-state index is -0.0797. The number of carbonyl (C=O) groups excluding carboxylic acids is 1. The Bertz CT molecular complexity index is 430.